The molecule has 38 heavy (non-hydrogen) atoms. The van der Waals surface area contributed by atoms with Crippen molar-refractivity contribution >= 4 is 28.3 Å². The first-order valence-electron chi connectivity index (χ1n) is 12.9. The molecular weight excluding hydrogens is 503 g/mol. The van der Waals surface area contributed by atoms with E-state index in [2.05, 4.69) is 23.7 Å². The Morgan fingerprint density at radius 3 is 2.53 bits per heavy atom. The average Bonchev–Trinajstić information content (AvgIpc) is 3.21. The summed E-state index contributed by atoms with van der Waals surface area (Å²) in [4.78, 5) is 20.5. The molecule has 0 saturated heterocycles. The van der Waals surface area contributed by atoms with E-state index in [1.54, 1.807) is 28.6 Å². The molecule has 0 bridgehead atoms. The number of rotatable bonds is 11. The molecule has 4 aromatic rings. The number of imidazole rings is 1. The Balaban J connectivity index is 1.86. The molecule has 0 radical (unpaired) electrons. The van der Waals surface area contributed by atoms with E-state index < -0.39 is 0 Å². The number of halogens is 2. The summed E-state index contributed by atoms with van der Waals surface area (Å²) in [6.45, 7) is 6.84. The molecule has 0 aliphatic rings. The minimum absolute atomic E-state index is 0.156. The number of allylic oxidation sites excluding steroid dienone is 2. The second-order valence-electron chi connectivity index (χ2n) is 9.33. The van der Waals surface area contributed by atoms with Crippen LogP contribution in [0.4, 0.5) is 10.1 Å². The van der Waals surface area contributed by atoms with Gasteiger partial charge in [0.25, 0.3) is 0 Å². The molecule has 0 spiro atoms. The van der Waals surface area contributed by atoms with Crippen molar-refractivity contribution in [1.29, 1.82) is 0 Å². The van der Waals surface area contributed by atoms with E-state index in [0.717, 1.165) is 51.4 Å². The molecule has 0 aliphatic heterocycles. The number of hydrogen-bond acceptors (Lipinski definition) is 4. The van der Waals surface area contributed by atoms with Crippen LogP contribution in [-0.4, -0.2) is 34.4 Å². The SMILES string of the molecule is CCC(C)=C(Cn1c(=O)n(-c2ccc(OC)cc2)c2ccncc21)N(CCCCF)c1ccc(Cl)cc1C. The van der Waals surface area contributed by atoms with Gasteiger partial charge in [-0.15, -0.1) is 0 Å². The van der Waals surface area contributed by atoms with Gasteiger partial charge in [-0.3, -0.25) is 18.5 Å². The third kappa shape index (κ3) is 5.63. The van der Waals surface area contributed by atoms with Crippen molar-refractivity contribution in [2.45, 2.75) is 46.6 Å². The number of nitrogens with zero attached hydrogens (tertiary/aromatic N) is 4. The third-order valence-corrected chi connectivity index (χ3v) is 7.17. The molecule has 0 atom stereocenters. The first-order valence-corrected chi connectivity index (χ1v) is 13.2. The molecule has 0 unspecified atom stereocenters. The quantitative estimate of drug-likeness (QED) is 0.192. The van der Waals surface area contributed by atoms with Crippen LogP contribution in [0, 0.1) is 6.92 Å². The summed E-state index contributed by atoms with van der Waals surface area (Å²) in [5, 5.41) is 0.664. The van der Waals surface area contributed by atoms with Gasteiger partial charge in [0.1, 0.15) is 5.75 Å². The first kappa shape index (κ1) is 27.5. The van der Waals surface area contributed by atoms with Crippen LogP contribution in [0.3, 0.4) is 0 Å². The molecule has 0 amide bonds. The third-order valence-electron chi connectivity index (χ3n) is 6.93. The lowest BCUT2D eigenvalue weighted by Gasteiger charge is -2.31. The van der Waals surface area contributed by atoms with Crippen LogP contribution in [0.2, 0.25) is 5.02 Å². The monoisotopic (exact) mass is 536 g/mol. The molecule has 200 valence electrons. The molecule has 0 fully saturated rings. The van der Waals surface area contributed by atoms with Crippen LogP contribution < -0.4 is 15.3 Å². The summed E-state index contributed by atoms with van der Waals surface area (Å²) in [5.41, 5.74) is 6.29. The van der Waals surface area contributed by atoms with E-state index in [-0.39, 0.29) is 12.4 Å². The predicted octanol–water partition coefficient (Wildman–Crippen LogP) is 7.10. The normalized spacial score (nSPS) is 12.1. The smallest absolute Gasteiger partial charge is 0.334 e. The number of benzene rings is 2. The molecule has 2 aromatic carbocycles. The fourth-order valence-corrected chi connectivity index (χ4v) is 4.95. The van der Waals surface area contributed by atoms with E-state index >= 15 is 0 Å². The van der Waals surface area contributed by atoms with Gasteiger partial charge < -0.3 is 9.64 Å². The summed E-state index contributed by atoms with van der Waals surface area (Å²) in [7, 11) is 1.62. The summed E-state index contributed by atoms with van der Waals surface area (Å²) in [5.74, 6) is 0.721. The molecule has 0 N–H and O–H groups in total. The van der Waals surface area contributed by atoms with Crippen LogP contribution in [-0.2, 0) is 6.54 Å². The van der Waals surface area contributed by atoms with E-state index in [1.165, 1.54) is 0 Å². The average molecular weight is 537 g/mol. The van der Waals surface area contributed by atoms with E-state index in [9.17, 15) is 9.18 Å². The molecule has 8 heteroatoms. The lowest BCUT2D eigenvalue weighted by molar-refractivity contribution is 0.414. The number of pyridine rings is 1. The zero-order chi connectivity index (χ0) is 27.2. The molecule has 6 nitrogen and oxygen atoms in total. The van der Waals surface area contributed by atoms with E-state index in [1.807, 2.05) is 55.5 Å². The number of aromatic nitrogens is 3. The molecule has 2 heterocycles. The highest BCUT2D eigenvalue weighted by atomic mass is 35.5. The second-order valence-corrected chi connectivity index (χ2v) is 9.76. The Morgan fingerprint density at radius 1 is 1.11 bits per heavy atom. The van der Waals surface area contributed by atoms with Crippen LogP contribution in [0.1, 0.15) is 38.7 Å². The van der Waals surface area contributed by atoms with Gasteiger partial charge >= 0.3 is 5.69 Å². The van der Waals surface area contributed by atoms with Gasteiger partial charge in [-0.25, -0.2) is 4.79 Å². The number of alkyl halides is 1. The van der Waals surface area contributed by atoms with Crippen molar-refractivity contribution in [3.8, 4) is 11.4 Å². The van der Waals surface area contributed by atoms with Crippen LogP contribution in [0.25, 0.3) is 16.7 Å². The van der Waals surface area contributed by atoms with Crippen LogP contribution in [0.15, 0.2) is 77.0 Å². The van der Waals surface area contributed by atoms with Gasteiger partial charge in [-0.2, -0.15) is 0 Å². The summed E-state index contributed by atoms with van der Waals surface area (Å²) < 4.78 is 21.9. The van der Waals surface area contributed by atoms with Crippen molar-refractivity contribution in [1.82, 2.24) is 14.1 Å². The van der Waals surface area contributed by atoms with Crippen LogP contribution >= 0.6 is 11.6 Å². The number of anilines is 1. The second kappa shape index (κ2) is 12.3. The fraction of sp³-hybridized carbons (Fsp3) is 0.333. The van der Waals surface area contributed by atoms with Gasteiger partial charge in [-0.05, 0) is 87.2 Å². The Kier molecular flexibility index (Phi) is 8.89. The highest BCUT2D eigenvalue weighted by molar-refractivity contribution is 6.30. The Hall–Kier alpha value is -3.58. The summed E-state index contributed by atoms with van der Waals surface area (Å²) >= 11 is 6.27. The minimum atomic E-state index is -0.361. The fourth-order valence-electron chi connectivity index (χ4n) is 4.73. The summed E-state index contributed by atoms with van der Waals surface area (Å²) in [6, 6.07) is 15.1. The molecule has 0 aliphatic carbocycles. The standard InChI is InChI=1S/C30H34ClFN4O2/c1-5-21(2)29(34(17-7-6-15-32)26-13-8-23(31)18-22(26)3)20-35-28-19-33-16-14-27(28)36(30(35)37)24-9-11-25(38-4)12-10-24/h8-14,16,18-19H,5-7,15,17,20H2,1-4H3. The first-order chi connectivity index (χ1) is 18.4. The summed E-state index contributed by atoms with van der Waals surface area (Å²) in [6.07, 6.45) is 5.40. The van der Waals surface area contributed by atoms with Crippen molar-refractivity contribution in [3.05, 3.63) is 93.3 Å². The van der Waals surface area contributed by atoms with Crippen molar-refractivity contribution in [2.75, 3.05) is 25.2 Å². The zero-order valence-corrected chi connectivity index (χ0v) is 23.1. The van der Waals surface area contributed by atoms with Gasteiger partial charge in [0.05, 0.1) is 43.2 Å². The van der Waals surface area contributed by atoms with Gasteiger partial charge in [0.2, 0.25) is 0 Å². The topological polar surface area (TPSA) is 52.3 Å². The number of unbranched alkanes of at least 4 members (excludes halogenated alkanes) is 1. The maximum absolute atomic E-state index is 14.0. The zero-order valence-electron chi connectivity index (χ0n) is 22.4. The highest BCUT2D eigenvalue weighted by Gasteiger charge is 2.21. The largest absolute Gasteiger partial charge is 0.497 e. The lowest BCUT2D eigenvalue weighted by atomic mass is 10.1. The van der Waals surface area contributed by atoms with E-state index in [4.69, 9.17) is 16.3 Å². The molecule has 0 saturated carbocycles. The van der Waals surface area contributed by atoms with Crippen molar-refractivity contribution < 1.29 is 9.13 Å². The number of aryl methyl sites for hydroxylation is 1. The van der Waals surface area contributed by atoms with Gasteiger partial charge in [0, 0.05) is 29.1 Å². The number of fused-ring (bicyclic) bond motifs is 1. The Morgan fingerprint density at radius 2 is 1.87 bits per heavy atom. The molecular formula is C30H34ClFN4O2. The van der Waals surface area contributed by atoms with Gasteiger partial charge in [0.15, 0.2) is 0 Å². The maximum atomic E-state index is 14.0. The van der Waals surface area contributed by atoms with E-state index in [0.29, 0.717) is 31.0 Å². The van der Waals surface area contributed by atoms with Crippen molar-refractivity contribution in [2.24, 2.45) is 0 Å². The number of hydrogen-bond donors (Lipinski definition) is 0. The molecule has 2 aromatic heterocycles. The Bertz CT molecular complexity index is 1490. The van der Waals surface area contributed by atoms with Crippen LogP contribution in [0.5, 0.6) is 5.75 Å². The lowest BCUT2D eigenvalue weighted by Crippen LogP contribution is -2.32. The number of ether oxygens (including phenoxy) is 1. The Labute approximate surface area is 227 Å². The maximum Gasteiger partial charge on any atom is 0.334 e. The predicted molar refractivity (Wildman–Crippen MR) is 154 cm³/mol. The van der Waals surface area contributed by atoms with Gasteiger partial charge in [-0.1, -0.05) is 24.1 Å². The molecule has 4 rings (SSSR count). The number of methoxy groups -OCH3 is 1. The minimum Gasteiger partial charge on any atom is -0.497 e. The van der Waals surface area contributed by atoms with Crippen molar-refractivity contribution in [3.63, 3.8) is 0 Å². The highest BCUT2D eigenvalue weighted by Crippen LogP contribution is 2.30.